The Morgan fingerprint density at radius 3 is 2.63 bits per heavy atom. The minimum absolute atomic E-state index is 0.0634. The summed E-state index contributed by atoms with van der Waals surface area (Å²) in [6.45, 7) is 0.368. The zero-order chi connectivity index (χ0) is 13.9. The predicted octanol–water partition coefficient (Wildman–Crippen LogP) is 4.72. The summed E-state index contributed by atoms with van der Waals surface area (Å²) in [6.07, 6.45) is -2.31. The van der Waals surface area contributed by atoms with Gasteiger partial charge in [0.15, 0.2) is 0 Å². The first-order valence-electron chi connectivity index (χ1n) is 5.60. The number of hydrogen-bond donors (Lipinski definition) is 1. The lowest BCUT2D eigenvalue weighted by atomic mass is 10.1. The van der Waals surface area contributed by atoms with Gasteiger partial charge in [-0.2, -0.15) is 13.2 Å². The number of hydrogen-bond acceptors (Lipinski definition) is 2. The minimum atomic E-state index is -4.37. The summed E-state index contributed by atoms with van der Waals surface area (Å²) in [7, 11) is 0. The average Bonchev–Trinajstić information content (AvgIpc) is 2.80. The molecule has 6 heteroatoms. The molecule has 0 radical (unpaired) electrons. The minimum Gasteiger partial charge on any atom is -0.469 e. The molecule has 0 aliphatic rings. The highest BCUT2D eigenvalue weighted by Crippen LogP contribution is 2.36. The van der Waals surface area contributed by atoms with Crippen LogP contribution in [0.4, 0.5) is 18.9 Å². The first-order valence-corrected chi connectivity index (χ1v) is 6.39. The van der Waals surface area contributed by atoms with Crippen LogP contribution in [0.15, 0.2) is 45.5 Å². The van der Waals surface area contributed by atoms with Gasteiger partial charge in [-0.1, -0.05) is 15.9 Å². The summed E-state index contributed by atoms with van der Waals surface area (Å²) in [4.78, 5) is 0. The van der Waals surface area contributed by atoms with Crippen molar-refractivity contribution in [1.82, 2.24) is 0 Å². The quantitative estimate of drug-likeness (QED) is 0.876. The molecule has 0 amide bonds. The number of furan rings is 1. The van der Waals surface area contributed by atoms with Crippen molar-refractivity contribution in [3.63, 3.8) is 0 Å². The third-order valence-electron chi connectivity index (χ3n) is 2.55. The van der Waals surface area contributed by atoms with Gasteiger partial charge in [-0.05, 0) is 30.3 Å². The van der Waals surface area contributed by atoms with E-state index in [1.807, 2.05) is 0 Å². The van der Waals surface area contributed by atoms with Crippen molar-refractivity contribution in [3.05, 3.63) is 52.4 Å². The molecule has 0 atom stereocenters. The Bertz CT molecular complexity index is 537. The van der Waals surface area contributed by atoms with Gasteiger partial charge in [0.25, 0.3) is 0 Å². The first-order chi connectivity index (χ1) is 8.97. The molecule has 0 fully saturated rings. The lowest BCUT2D eigenvalue weighted by Gasteiger charge is -2.14. The summed E-state index contributed by atoms with van der Waals surface area (Å²) in [6, 6.07) is 7.38. The molecule has 0 spiro atoms. The van der Waals surface area contributed by atoms with Gasteiger partial charge in [0.05, 0.1) is 11.8 Å². The van der Waals surface area contributed by atoms with Crippen LogP contribution in [0.5, 0.6) is 0 Å². The Morgan fingerprint density at radius 2 is 2.00 bits per heavy atom. The van der Waals surface area contributed by atoms with E-state index in [1.165, 1.54) is 18.4 Å². The molecule has 0 aliphatic carbocycles. The molecule has 1 aromatic carbocycles. The lowest BCUT2D eigenvalue weighted by Crippen LogP contribution is -2.12. The Kier molecular flexibility index (Phi) is 4.19. The largest absolute Gasteiger partial charge is 0.469 e. The molecule has 102 valence electrons. The van der Waals surface area contributed by atoms with Gasteiger partial charge < -0.3 is 9.73 Å². The van der Waals surface area contributed by atoms with Crippen molar-refractivity contribution in [3.8, 4) is 0 Å². The molecule has 1 heterocycles. The van der Waals surface area contributed by atoms with Gasteiger partial charge in [-0.25, -0.2) is 0 Å². The zero-order valence-electron chi connectivity index (χ0n) is 9.80. The van der Waals surface area contributed by atoms with E-state index < -0.39 is 11.7 Å². The van der Waals surface area contributed by atoms with E-state index in [0.29, 0.717) is 17.4 Å². The van der Waals surface area contributed by atoms with E-state index in [4.69, 9.17) is 4.42 Å². The molecule has 0 aliphatic heterocycles. The highest BCUT2D eigenvalue weighted by molar-refractivity contribution is 9.10. The number of alkyl halides is 3. The molecule has 0 unspecified atom stereocenters. The Morgan fingerprint density at radius 1 is 1.21 bits per heavy atom. The molecule has 0 bridgehead atoms. The Labute approximate surface area is 116 Å². The second-order valence-corrected chi connectivity index (χ2v) is 4.86. The molecule has 2 nitrogen and oxygen atoms in total. The van der Waals surface area contributed by atoms with E-state index in [2.05, 4.69) is 21.2 Å². The number of nitrogens with one attached hydrogen (secondary N) is 1. The fourth-order valence-corrected chi connectivity index (χ4v) is 2.05. The van der Waals surface area contributed by atoms with Gasteiger partial charge in [0.2, 0.25) is 0 Å². The van der Waals surface area contributed by atoms with Crippen LogP contribution in [-0.4, -0.2) is 6.54 Å². The van der Waals surface area contributed by atoms with Gasteiger partial charge in [0, 0.05) is 23.1 Å². The molecule has 1 aromatic heterocycles. The van der Waals surface area contributed by atoms with Crippen molar-refractivity contribution in [2.45, 2.75) is 12.6 Å². The summed E-state index contributed by atoms with van der Waals surface area (Å²) >= 11 is 3.17. The van der Waals surface area contributed by atoms with E-state index in [1.54, 1.807) is 12.1 Å². The number of anilines is 1. The zero-order valence-corrected chi connectivity index (χ0v) is 11.4. The normalized spacial score (nSPS) is 11.6. The maximum Gasteiger partial charge on any atom is 0.418 e. The molecule has 0 saturated heterocycles. The molecule has 19 heavy (non-hydrogen) atoms. The second-order valence-electron chi connectivity index (χ2n) is 3.94. The highest BCUT2D eigenvalue weighted by atomic mass is 79.9. The first kappa shape index (κ1) is 14.0. The molecular weight excluding hydrogens is 323 g/mol. The lowest BCUT2D eigenvalue weighted by molar-refractivity contribution is -0.136. The maximum absolute atomic E-state index is 12.8. The van der Waals surface area contributed by atoms with Crippen LogP contribution in [0.2, 0.25) is 0 Å². The predicted molar refractivity (Wildman–Crippen MR) is 70.0 cm³/mol. The smallest absolute Gasteiger partial charge is 0.418 e. The maximum atomic E-state index is 12.8. The summed E-state index contributed by atoms with van der Waals surface area (Å²) < 4.78 is 44.1. The van der Waals surface area contributed by atoms with Crippen LogP contribution in [0.25, 0.3) is 0 Å². The van der Waals surface area contributed by atoms with Crippen LogP contribution >= 0.6 is 15.9 Å². The summed E-state index contributed by atoms with van der Waals surface area (Å²) in [5, 5.41) is 2.79. The van der Waals surface area contributed by atoms with Crippen molar-refractivity contribution >= 4 is 21.6 Å². The third-order valence-corrected chi connectivity index (χ3v) is 3.05. The van der Waals surface area contributed by atoms with Crippen molar-refractivity contribution < 1.29 is 17.6 Å². The summed E-state index contributed by atoms with van der Waals surface area (Å²) in [5.41, 5.74) is -0.608. The molecule has 2 aromatic rings. The second kappa shape index (κ2) is 5.69. The van der Waals surface area contributed by atoms with Gasteiger partial charge in [-0.15, -0.1) is 0 Å². The highest BCUT2D eigenvalue weighted by Gasteiger charge is 2.33. The molecule has 0 saturated carbocycles. The topological polar surface area (TPSA) is 25.2 Å². The SMILES string of the molecule is FC(F)(F)c1ccc(Br)cc1NCCc1ccco1. The van der Waals surface area contributed by atoms with E-state index in [9.17, 15) is 13.2 Å². The van der Waals surface area contributed by atoms with Crippen LogP contribution in [-0.2, 0) is 12.6 Å². The average molecular weight is 334 g/mol. The standard InChI is InChI=1S/C13H11BrF3NO/c14-9-3-4-11(13(15,16)17)12(8-9)18-6-5-10-2-1-7-19-10/h1-4,7-8,18H,5-6H2. The van der Waals surface area contributed by atoms with Gasteiger partial charge >= 0.3 is 6.18 Å². The van der Waals surface area contributed by atoms with Crippen LogP contribution < -0.4 is 5.32 Å². The van der Waals surface area contributed by atoms with E-state index >= 15 is 0 Å². The fraction of sp³-hybridized carbons (Fsp3) is 0.231. The fourth-order valence-electron chi connectivity index (χ4n) is 1.69. The third kappa shape index (κ3) is 3.76. The van der Waals surface area contributed by atoms with E-state index in [0.717, 1.165) is 11.8 Å². The van der Waals surface area contributed by atoms with Crippen molar-refractivity contribution in [1.29, 1.82) is 0 Å². The van der Waals surface area contributed by atoms with Crippen LogP contribution in [0.1, 0.15) is 11.3 Å². The van der Waals surface area contributed by atoms with Crippen molar-refractivity contribution in [2.75, 3.05) is 11.9 Å². The van der Waals surface area contributed by atoms with Crippen LogP contribution in [0, 0.1) is 0 Å². The van der Waals surface area contributed by atoms with Crippen molar-refractivity contribution in [2.24, 2.45) is 0 Å². The Hall–Kier alpha value is -1.43. The van der Waals surface area contributed by atoms with E-state index in [-0.39, 0.29) is 5.69 Å². The summed E-state index contributed by atoms with van der Waals surface area (Å²) in [5.74, 6) is 0.732. The number of benzene rings is 1. The molecule has 1 N–H and O–H groups in total. The Balaban J connectivity index is 2.08. The molecular formula is C13H11BrF3NO. The van der Waals surface area contributed by atoms with Gasteiger partial charge in [-0.3, -0.25) is 0 Å². The number of rotatable bonds is 4. The monoisotopic (exact) mass is 333 g/mol. The van der Waals surface area contributed by atoms with Crippen LogP contribution in [0.3, 0.4) is 0 Å². The number of halogens is 4. The van der Waals surface area contributed by atoms with Gasteiger partial charge in [0.1, 0.15) is 5.76 Å². The molecule has 2 rings (SSSR count).